The number of nitrogens with zero attached hydrogens (tertiary/aromatic N) is 2. The molecular weight excluding hydrogens is 374 g/mol. The number of amides is 1. The molecule has 0 radical (unpaired) electrons. The number of fused-ring (bicyclic) bond motifs is 1. The van der Waals surface area contributed by atoms with Crippen LogP contribution in [0.3, 0.4) is 0 Å². The van der Waals surface area contributed by atoms with Crippen molar-refractivity contribution < 1.29 is 41.0 Å². The van der Waals surface area contributed by atoms with Gasteiger partial charge in [-0.05, 0) is 13.8 Å². The van der Waals surface area contributed by atoms with Crippen LogP contribution < -0.4 is 10.6 Å². The maximum Gasteiger partial charge on any atom is 0.490 e. The molecule has 1 aromatic heterocycles. The Labute approximate surface area is 143 Å². The van der Waals surface area contributed by atoms with Crippen LogP contribution in [0.2, 0.25) is 0 Å². The lowest BCUT2D eigenvalue weighted by Gasteiger charge is -2.23. The predicted octanol–water partition coefficient (Wildman–Crippen LogP) is 1.69. The molecule has 0 bridgehead atoms. The maximum absolute atomic E-state index is 12.4. The predicted molar refractivity (Wildman–Crippen MR) is 75.2 cm³/mol. The molecule has 2 rings (SSSR count). The van der Waals surface area contributed by atoms with Crippen molar-refractivity contribution in [2.45, 2.75) is 51.4 Å². The Balaban J connectivity index is 0.000000412. The van der Waals surface area contributed by atoms with Crippen molar-refractivity contribution in [2.75, 3.05) is 0 Å². The maximum atomic E-state index is 12.4. The number of alkyl halides is 6. The first-order valence-electron chi connectivity index (χ1n) is 7.19. The number of carbonyl (C=O) groups is 2. The highest BCUT2D eigenvalue weighted by atomic mass is 19.4. The average molecular weight is 390 g/mol. The van der Waals surface area contributed by atoms with Crippen molar-refractivity contribution in [3.63, 3.8) is 0 Å². The number of carboxylic acids is 1. The molecule has 0 spiro atoms. The van der Waals surface area contributed by atoms with Crippen LogP contribution in [-0.2, 0) is 17.9 Å². The molecule has 1 aliphatic heterocycles. The Kier molecular flexibility index (Phi) is 6.63. The fourth-order valence-electron chi connectivity index (χ4n) is 1.90. The number of aromatic nitrogens is 2. The molecule has 0 aliphatic carbocycles. The average Bonchev–Trinajstić information content (AvgIpc) is 2.88. The van der Waals surface area contributed by atoms with Gasteiger partial charge in [0.05, 0.1) is 24.0 Å². The van der Waals surface area contributed by atoms with Crippen LogP contribution in [0, 0.1) is 0 Å². The third kappa shape index (κ3) is 5.89. The first kappa shape index (κ1) is 21.7. The van der Waals surface area contributed by atoms with Gasteiger partial charge in [0, 0.05) is 12.6 Å². The second-order valence-electron chi connectivity index (χ2n) is 5.51. The molecule has 7 nitrogen and oxygen atoms in total. The van der Waals surface area contributed by atoms with Crippen LogP contribution in [0.25, 0.3) is 0 Å². The number of halogens is 6. The SMILES string of the molecule is C[C@H]1Cn2ncc(C(=O)N[C@H](C)C(F)(F)F)c2CN1.O=C(O)C(F)(F)F. The Hall–Kier alpha value is -2.31. The summed E-state index contributed by atoms with van der Waals surface area (Å²) in [5.41, 5.74) is 0.806. The van der Waals surface area contributed by atoms with E-state index >= 15 is 0 Å². The summed E-state index contributed by atoms with van der Waals surface area (Å²) in [5, 5.41) is 16.2. The van der Waals surface area contributed by atoms with E-state index in [9.17, 15) is 31.1 Å². The van der Waals surface area contributed by atoms with E-state index in [0.29, 0.717) is 18.8 Å². The number of aliphatic carboxylic acids is 1. The highest BCUT2D eigenvalue weighted by Crippen LogP contribution is 2.21. The molecule has 1 aromatic rings. The molecule has 1 amide bonds. The molecule has 0 saturated heterocycles. The van der Waals surface area contributed by atoms with Gasteiger partial charge >= 0.3 is 18.3 Å². The van der Waals surface area contributed by atoms with Gasteiger partial charge < -0.3 is 15.7 Å². The minimum atomic E-state index is -5.08. The van der Waals surface area contributed by atoms with Gasteiger partial charge in [0.2, 0.25) is 0 Å². The monoisotopic (exact) mass is 390 g/mol. The lowest BCUT2D eigenvalue weighted by Crippen LogP contribution is -2.44. The summed E-state index contributed by atoms with van der Waals surface area (Å²) in [6.07, 6.45) is -8.22. The molecule has 13 heteroatoms. The Morgan fingerprint density at radius 2 is 1.88 bits per heavy atom. The van der Waals surface area contributed by atoms with E-state index in [0.717, 1.165) is 6.92 Å². The van der Waals surface area contributed by atoms with E-state index in [4.69, 9.17) is 9.90 Å². The smallest absolute Gasteiger partial charge is 0.475 e. The fraction of sp³-hybridized carbons (Fsp3) is 0.615. The third-order valence-electron chi connectivity index (χ3n) is 3.34. The van der Waals surface area contributed by atoms with Gasteiger partial charge in [-0.1, -0.05) is 0 Å². The molecule has 0 fully saturated rings. The van der Waals surface area contributed by atoms with E-state index in [2.05, 4.69) is 10.4 Å². The van der Waals surface area contributed by atoms with Crippen LogP contribution >= 0.6 is 0 Å². The second-order valence-corrected chi connectivity index (χ2v) is 5.51. The number of carbonyl (C=O) groups excluding carboxylic acids is 1. The van der Waals surface area contributed by atoms with Crippen molar-refractivity contribution in [1.29, 1.82) is 0 Å². The minimum absolute atomic E-state index is 0.190. The van der Waals surface area contributed by atoms with E-state index in [1.807, 2.05) is 12.2 Å². The van der Waals surface area contributed by atoms with E-state index < -0.39 is 30.3 Å². The zero-order valence-corrected chi connectivity index (χ0v) is 13.6. The summed E-state index contributed by atoms with van der Waals surface area (Å²) in [6.45, 7) is 3.89. The fourth-order valence-corrected chi connectivity index (χ4v) is 1.90. The normalized spacial score (nSPS) is 18.2. The van der Waals surface area contributed by atoms with Crippen molar-refractivity contribution in [3.05, 3.63) is 17.5 Å². The number of hydrogen-bond acceptors (Lipinski definition) is 4. The summed E-state index contributed by atoms with van der Waals surface area (Å²) in [6, 6.07) is -1.66. The second kappa shape index (κ2) is 7.93. The van der Waals surface area contributed by atoms with Gasteiger partial charge in [0.1, 0.15) is 6.04 Å². The first-order chi connectivity index (χ1) is 11.7. The molecule has 0 unspecified atom stereocenters. The molecule has 2 heterocycles. The highest BCUT2D eigenvalue weighted by molar-refractivity contribution is 5.95. The van der Waals surface area contributed by atoms with Crippen LogP contribution in [0.1, 0.15) is 29.9 Å². The van der Waals surface area contributed by atoms with Crippen molar-refractivity contribution in [2.24, 2.45) is 0 Å². The largest absolute Gasteiger partial charge is 0.490 e. The topological polar surface area (TPSA) is 96.3 Å². The number of rotatable bonds is 2. The highest BCUT2D eigenvalue weighted by Gasteiger charge is 2.38. The van der Waals surface area contributed by atoms with Crippen molar-refractivity contribution >= 4 is 11.9 Å². The summed E-state index contributed by atoms with van der Waals surface area (Å²) < 4.78 is 70.6. The standard InChI is InChI=1S/C11H15F3N4O.C2HF3O2/c1-6-5-18-9(4-15-6)8(3-16-18)10(19)17-7(2)11(12,13)14;3-2(4,5)1(6)7/h3,6-7,15H,4-5H2,1-2H3,(H,17,19);(H,6,7)/t6-,7+;/m0./s1. The van der Waals surface area contributed by atoms with Crippen molar-refractivity contribution in [1.82, 2.24) is 20.4 Å². The lowest BCUT2D eigenvalue weighted by molar-refractivity contribution is -0.192. The Bertz CT molecular complexity index is 655. The molecule has 1 aliphatic rings. The van der Waals surface area contributed by atoms with Crippen LogP contribution in [-0.4, -0.2) is 51.2 Å². The van der Waals surface area contributed by atoms with Gasteiger partial charge in [0.25, 0.3) is 5.91 Å². The molecule has 148 valence electrons. The summed E-state index contributed by atoms with van der Waals surface area (Å²) in [4.78, 5) is 20.7. The summed E-state index contributed by atoms with van der Waals surface area (Å²) in [5.74, 6) is -3.50. The lowest BCUT2D eigenvalue weighted by atomic mass is 10.1. The zero-order valence-electron chi connectivity index (χ0n) is 13.6. The summed E-state index contributed by atoms with van der Waals surface area (Å²) >= 11 is 0. The Morgan fingerprint density at radius 1 is 1.35 bits per heavy atom. The van der Waals surface area contributed by atoms with Gasteiger partial charge in [0.15, 0.2) is 0 Å². The van der Waals surface area contributed by atoms with Crippen LogP contribution in [0.15, 0.2) is 6.20 Å². The molecule has 3 N–H and O–H groups in total. The summed E-state index contributed by atoms with van der Waals surface area (Å²) in [7, 11) is 0. The van der Waals surface area contributed by atoms with Gasteiger partial charge in [-0.25, -0.2) is 4.79 Å². The van der Waals surface area contributed by atoms with Crippen LogP contribution in [0.5, 0.6) is 0 Å². The van der Waals surface area contributed by atoms with E-state index in [1.54, 1.807) is 4.68 Å². The number of nitrogens with one attached hydrogen (secondary N) is 2. The van der Waals surface area contributed by atoms with Gasteiger partial charge in [-0.15, -0.1) is 0 Å². The van der Waals surface area contributed by atoms with Gasteiger partial charge in [-0.3, -0.25) is 9.48 Å². The van der Waals surface area contributed by atoms with E-state index in [-0.39, 0.29) is 11.6 Å². The third-order valence-corrected chi connectivity index (χ3v) is 3.34. The molecule has 0 aromatic carbocycles. The molecule has 0 saturated carbocycles. The number of carboxylic acid groups (broad SMARTS) is 1. The first-order valence-corrected chi connectivity index (χ1v) is 7.19. The van der Waals surface area contributed by atoms with E-state index in [1.165, 1.54) is 6.20 Å². The molecular formula is C13H16F6N4O3. The molecule has 2 atom stereocenters. The number of hydrogen-bond donors (Lipinski definition) is 3. The van der Waals surface area contributed by atoms with Crippen molar-refractivity contribution in [3.8, 4) is 0 Å². The van der Waals surface area contributed by atoms with Crippen LogP contribution in [0.4, 0.5) is 26.3 Å². The minimum Gasteiger partial charge on any atom is -0.475 e. The Morgan fingerprint density at radius 3 is 2.35 bits per heavy atom. The van der Waals surface area contributed by atoms with Gasteiger partial charge in [-0.2, -0.15) is 31.4 Å². The quantitative estimate of drug-likeness (QED) is 0.668. The molecule has 26 heavy (non-hydrogen) atoms. The zero-order chi connectivity index (χ0) is 20.3.